The Balaban J connectivity index is 2.04. The van der Waals surface area contributed by atoms with Crippen LogP contribution in [0, 0.1) is 13.8 Å². The van der Waals surface area contributed by atoms with Crippen LogP contribution in [0.25, 0.3) is 39.3 Å². The van der Waals surface area contributed by atoms with Crippen LogP contribution in [0.15, 0.2) is 24.8 Å². The van der Waals surface area contributed by atoms with Gasteiger partial charge in [-0.1, -0.05) is 19.6 Å². The zero-order chi connectivity index (χ0) is 31.3. The topological polar surface area (TPSA) is 169 Å². The van der Waals surface area contributed by atoms with Crippen molar-refractivity contribution in [3.05, 3.63) is 75.4 Å². The molecule has 0 saturated heterocycles. The molecule has 5 N–H and O–H groups in total. The van der Waals surface area contributed by atoms with E-state index in [9.17, 15) is 29.7 Å². The van der Waals surface area contributed by atoms with Crippen LogP contribution in [0.1, 0.15) is 101 Å². The Labute approximate surface area is 247 Å². The van der Waals surface area contributed by atoms with Crippen molar-refractivity contribution in [1.29, 1.82) is 0 Å². The Morgan fingerprint density at radius 2 is 1.51 bits per heavy atom. The lowest BCUT2D eigenvalue weighted by atomic mass is 9.85. The molecule has 0 spiro atoms. The molecule has 5 rings (SSSR count). The molecular weight excluding hydrogens is 548 g/mol. The number of hydrogen-bond donors (Lipinski definition) is 5. The molecule has 0 aromatic carbocycles. The van der Waals surface area contributed by atoms with Crippen molar-refractivity contribution < 1.29 is 29.7 Å². The molecule has 2 aliphatic heterocycles. The molecule has 0 aliphatic carbocycles. The van der Waals surface area contributed by atoms with Crippen LogP contribution in [0.3, 0.4) is 0 Å². The molecule has 0 fully saturated rings. The van der Waals surface area contributed by atoms with E-state index in [1.54, 1.807) is 19.1 Å². The fourth-order valence-electron chi connectivity index (χ4n) is 6.16. The summed E-state index contributed by atoms with van der Waals surface area (Å²) in [6, 6.07) is 5.64. The van der Waals surface area contributed by atoms with E-state index in [1.807, 2.05) is 39.8 Å². The van der Waals surface area contributed by atoms with Gasteiger partial charge in [-0.2, -0.15) is 0 Å². The monoisotopic (exact) mass is 582 g/mol. The van der Waals surface area contributed by atoms with Crippen LogP contribution in [-0.4, -0.2) is 53.2 Å². The summed E-state index contributed by atoms with van der Waals surface area (Å²) in [6.07, 6.45) is 1.33. The van der Waals surface area contributed by atoms with Gasteiger partial charge in [0.05, 0.1) is 34.6 Å². The van der Waals surface area contributed by atoms with Crippen molar-refractivity contribution in [2.75, 3.05) is 0 Å². The Bertz CT molecular complexity index is 1930. The minimum absolute atomic E-state index is 0.0515. The predicted octanol–water partition coefficient (Wildman–Crippen LogP) is 6.60. The maximum Gasteiger partial charge on any atom is 0.338 e. The fraction of sp³-hybridized carbons (Fsp3) is 0.303. The van der Waals surface area contributed by atoms with E-state index in [0.29, 0.717) is 28.2 Å². The van der Waals surface area contributed by atoms with E-state index in [-0.39, 0.29) is 35.4 Å². The number of hydrogen-bond acceptors (Lipinski definition) is 5. The van der Waals surface area contributed by atoms with Crippen molar-refractivity contribution in [3.63, 3.8) is 0 Å². The summed E-state index contributed by atoms with van der Waals surface area (Å²) in [4.78, 5) is 52.9. The number of nitrogens with one attached hydrogen (secondary N) is 2. The summed E-state index contributed by atoms with van der Waals surface area (Å²) >= 11 is 0. The molecule has 2 aliphatic rings. The highest BCUT2D eigenvalue weighted by atomic mass is 16.4. The molecule has 0 amide bonds. The molecule has 0 radical (unpaired) electrons. The Morgan fingerprint density at radius 3 is 2.09 bits per heavy atom. The van der Waals surface area contributed by atoms with Crippen molar-refractivity contribution in [3.8, 4) is 0 Å². The number of rotatable bonds is 7. The average molecular weight is 583 g/mol. The summed E-state index contributed by atoms with van der Waals surface area (Å²) < 4.78 is 0. The summed E-state index contributed by atoms with van der Waals surface area (Å²) in [7, 11) is 0. The number of allylic oxidation sites excluding steroid dienone is 2. The Kier molecular flexibility index (Phi) is 7.56. The molecule has 43 heavy (non-hydrogen) atoms. The van der Waals surface area contributed by atoms with Crippen molar-refractivity contribution in [1.82, 2.24) is 19.9 Å². The van der Waals surface area contributed by atoms with Crippen molar-refractivity contribution in [2.45, 2.75) is 65.7 Å². The summed E-state index contributed by atoms with van der Waals surface area (Å²) in [5.74, 6) is -4.07. The first-order valence-electron chi connectivity index (χ1n) is 14.1. The summed E-state index contributed by atoms with van der Waals surface area (Å²) in [5, 5.41) is 29.8. The van der Waals surface area contributed by atoms with E-state index >= 15 is 0 Å². The van der Waals surface area contributed by atoms with Gasteiger partial charge in [-0.3, -0.25) is 14.6 Å². The van der Waals surface area contributed by atoms with E-state index in [4.69, 9.17) is 9.97 Å². The lowest BCUT2D eigenvalue weighted by molar-refractivity contribution is -0.138. The zero-order valence-corrected chi connectivity index (χ0v) is 24.8. The number of aromatic carboxylic acids is 1. The molecule has 5 heterocycles. The second-order valence-corrected chi connectivity index (χ2v) is 11.3. The SMILES string of the molecule is C=Cc1c(C)c2cc3nc(c(CC(=O)O)c4[nH]c(cc5nc(cc1[nH]2)C(C)=C5C)c(C)c4C(=O)O)[C@@H](CCC(=O)O)[C@@H]3C. The number of carbonyl (C=O) groups is 3. The summed E-state index contributed by atoms with van der Waals surface area (Å²) in [5.41, 5.74) is 9.02. The maximum absolute atomic E-state index is 12.6. The number of aromatic amines is 2. The van der Waals surface area contributed by atoms with Crippen LogP contribution in [0.4, 0.5) is 0 Å². The molecule has 0 unspecified atom stereocenters. The molecule has 3 aromatic heterocycles. The second-order valence-electron chi connectivity index (χ2n) is 11.3. The summed E-state index contributed by atoms with van der Waals surface area (Å²) in [6.45, 7) is 13.5. The lowest BCUT2D eigenvalue weighted by Crippen LogP contribution is -2.11. The van der Waals surface area contributed by atoms with Crippen LogP contribution in [-0.2, 0) is 16.0 Å². The highest BCUT2D eigenvalue weighted by Crippen LogP contribution is 2.42. The highest BCUT2D eigenvalue weighted by Gasteiger charge is 2.33. The number of nitrogens with zero attached hydrogens (tertiary/aromatic N) is 2. The number of carboxylic acids is 3. The van der Waals surface area contributed by atoms with Gasteiger partial charge in [0.25, 0.3) is 0 Å². The first kappa shape index (κ1) is 29.5. The highest BCUT2D eigenvalue weighted by molar-refractivity contribution is 6.02. The van der Waals surface area contributed by atoms with Crippen molar-refractivity contribution >= 4 is 57.2 Å². The van der Waals surface area contributed by atoms with Crippen LogP contribution in [0.5, 0.6) is 0 Å². The molecule has 3 aromatic rings. The molecule has 0 saturated carbocycles. The molecule has 8 bridgehead atoms. The molecular formula is C33H34N4O6. The number of aryl methyl sites for hydroxylation is 2. The molecule has 10 heteroatoms. The zero-order valence-electron chi connectivity index (χ0n) is 24.8. The molecule has 222 valence electrons. The molecule has 2 atom stereocenters. The number of H-pyrrole nitrogens is 2. The Hall–Kier alpha value is -4.99. The van der Waals surface area contributed by atoms with Gasteiger partial charge in [0.2, 0.25) is 0 Å². The lowest BCUT2D eigenvalue weighted by Gasteiger charge is -2.17. The van der Waals surface area contributed by atoms with Crippen LogP contribution >= 0.6 is 0 Å². The van der Waals surface area contributed by atoms with Crippen LogP contribution in [0.2, 0.25) is 0 Å². The van der Waals surface area contributed by atoms with Gasteiger partial charge in [-0.15, -0.1) is 0 Å². The minimum atomic E-state index is -1.21. The van der Waals surface area contributed by atoms with Gasteiger partial charge in [0, 0.05) is 51.6 Å². The fourth-order valence-corrected chi connectivity index (χ4v) is 6.16. The standard InChI is InChI=1S/C33H34N4O6/c1-7-19-16(4)24-12-25-17(5)20(8-9-28(38)39)31(36-25)21(10-29(40)41)32-30(33(42)43)18(6)26(37-32)11-22-14(2)15(3)23(34-22)13-27(19)35-24/h7,11-13,17,20,35,37H,1,8-10H2,2-6H3,(H,38,39)(H,40,41)(H,42,43)/t17-,20-/m0/s1. The average Bonchev–Trinajstić information content (AvgIpc) is 3.60. The first-order chi connectivity index (χ1) is 20.3. The predicted molar refractivity (Wildman–Crippen MR) is 165 cm³/mol. The van der Waals surface area contributed by atoms with Gasteiger partial charge in [0.1, 0.15) is 0 Å². The smallest absolute Gasteiger partial charge is 0.338 e. The quantitative estimate of drug-likeness (QED) is 0.207. The molecule has 10 nitrogen and oxygen atoms in total. The second kappa shape index (κ2) is 11.0. The van der Waals surface area contributed by atoms with Gasteiger partial charge >= 0.3 is 17.9 Å². The van der Waals surface area contributed by atoms with E-state index < -0.39 is 30.2 Å². The number of carboxylic acid groups (broad SMARTS) is 3. The number of fused-ring (bicyclic) bond motifs is 8. The first-order valence-corrected chi connectivity index (χ1v) is 14.1. The van der Waals surface area contributed by atoms with E-state index in [2.05, 4.69) is 16.5 Å². The third-order valence-corrected chi connectivity index (χ3v) is 8.78. The number of aromatic nitrogens is 4. The van der Waals surface area contributed by atoms with Crippen molar-refractivity contribution in [2.24, 2.45) is 0 Å². The van der Waals surface area contributed by atoms with Gasteiger partial charge in [-0.05, 0) is 74.6 Å². The third kappa shape index (κ3) is 5.13. The van der Waals surface area contributed by atoms with Gasteiger partial charge in [-0.25, -0.2) is 9.78 Å². The van der Waals surface area contributed by atoms with E-state index in [0.717, 1.165) is 39.0 Å². The number of aliphatic carboxylic acids is 2. The van der Waals surface area contributed by atoms with Crippen LogP contribution < -0.4 is 0 Å². The maximum atomic E-state index is 12.6. The van der Waals surface area contributed by atoms with E-state index in [1.165, 1.54) is 0 Å². The Morgan fingerprint density at radius 1 is 0.884 bits per heavy atom. The van der Waals surface area contributed by atoms with Gasteiger partial charge in [0.15, 0.2) is 0 Å². The van der Waals surface area contributed by atoms with Gasteiger partial charge < -0.3 is 25.3 Å². The largest absolute Gasteiger partial charge is 0.481 e. The minimum Gasteiger partial charge on any atom is -0.481 e. The third-order valence-electron chi connectivity index (χ3n) is 8.78. The normalized spacial score (nSPS) is 16.4.